The van der Waals surface area contributed by atoms with E-state index in [9.17, 15) is 14.4 Å². The Morgan fingerprint density at radius 1 is 1.09 bits per heavy atom. The number of alkyl halides is 1. The van der Waals surface area contributed by atoms with Crippen molar-refractivity contribution in [3.8, 4) is 0 Å². The number of hydrogen-bond acceptors (Lipinski definition) is 4. The highest BCUT2D eigenvalue weighted by atomic mass is 19.1. The Kier molecular flexibility index (Phi) is 4.52. The van der Waals surface area contributed by atoms with E-state index >= 15 is 4.39 Å². The van der Waals surface area contributed by atoms with Gasteiger partial charge in [0.05, 0.1) is 11.6 Å². The van der Waals surface area contributed by atoms with E-state index in [2.05, 4.69) is 10.4 Å². The summed E-state index contributed by atoms with van der Waals surface area (Å²) in [4.78, 5) is 39.9. The van der Waals surface area contributed by atoms with Gasteiger partial charge >= 0.3 is 0 Å². The monoisotopic (exact) mass is 461 g/mol. The molecule has 2 heterocycles. The standard InChI is InChI=1S/C25H24FN5O3/c26-25(15-6-2-1-3-7-15)12-20(25)28-24(34)19-11-14-10-18(14)31(19)21(32)13-30-17-9-5-4-8-16(17)22(29-30)23(27)33/h1-9,14,18-20H,10-13H2,(H2,27,33)(H,28,34)/t14-,18?,19+,20-,25-/m1/s1. The number of likely N-dealkylation sites (tertiary alicyclic amines) is 1. The molecule has 1 saturated heterocycles. The van der Waals surface area contributed by atoms with Crippen molar-refractivity contribution in [2.75, 3.05) is 0 Å². The highest BCUT2D eigenvalue weighted by molar-refractivity contribution is 6.04. The number of nitrogens with zero attached hydrogens (tertiary/aromatic N) is 3. The molecule has 0 bridgehead atoms. The Balaban J connectivity index is 1.19. The summed E-state index contributed by atoms with van der Waals surface area (Å²) in [6.45, 7) is -0.110. The Morgan fingerprint density at radius 2 is 1.82 bits per heavy atom. The van der Waals surface area contributed by atoms with Crippen LogP contribution >= 0.6 is 0 Å². The summed E-state index contributed by atoms with van der Waals surface area (Å²) in [5.74, 6) is -0.941. The van der Waals surface area contributed by atoms with Crippen LogP contribution in [0.3, 0.4) is 0 Å². The number of primary amides is 1. The molecule has 3 N–H and O–H groups in total. The molecule has 1 aliphatic heterocycles. The molecule has 9 heteroatoms. The Labute approximate surface area is 194 Å². The Morgan fingerprint density at radius 3 is 2.59 bits per heavy atom. The van der Waals surface area contributed by atoms with Crippen LogP contribution in [0.2, 0.25) is 0 Å². The number of para-hydroxylation sites is 1. The lowest BCUT2D eigenvalue weighted by molar-refractivity contribution is -0.140. The van der Waals surface area contributed by atoms with Gasteiger partial charge in [-0.05, 0) is 30.4 Å². The van der Waals surface area contributed by atoms with Crippen molar-refractivity contribution in [1.82, 2.24) is 20.0 Å². The second-order valence-corrected chi connectivity index (χ2v) is 9.50. The average Bonchev–Trinajstić information content (AvgIpc) is 3.65. The van der Waals surface area contributed by atoms with Crippen LogP contribution in [-0.2, 0) is 21.8 Å². The lowest BCUT2D eigenvalue weighted by Crippen LogP contribution is -2.50. The summed E-state index contributed by atoms with van der Waals surface area (Å²) in [7, 11) is 0. The number of fused-ring (bicyclic) bond motifs is 2. The SMILES string of the molecule is NC(=O)c1nn(CC(=O)N2C3C[C@@H]3C[C@H]2C(=O)N[C@@H]2C[C@@]2(F)c2ccccc2)c2ccccc12. The van der Waals surface area contributed by atoms with Crippen molar-refractivity contribution in [3.05, 3.63) is 65.9 Å². The van der Waals surface area contributed by atoms with E-state index in [-0.39, 0.29) is 36.5 Å². The third-order valence-electron chi connectivity index (χ3n) is 7.33. The van der Waals surface area contributed by atoms with E-state index in [0.29, 0.717) is 28.8 Å². The average molecular weight is 461 g/mol. The number of nitrogens with one attached hydrogen (secondary N) is 1. The zero-order valence-electron chi connectivity index (χ0n) is 18.4. The minimum absolute atomic E-state index is 0.0177. The van der Waals surface area contributed by atoms with Gasteiger partial charge in [0.1, 0.15) is 12.6 Å². The number of nitrogens with two attached hydrogens (primary N) is 1. The van der Waals surface area contributed by atoms with Crippen LogP contribution in [0, 0.1) is 5.92 Å². The minimum Gasteiger partial charge on any atom is -0.364 e. The van der Waals surface area contributed by atoms with Crippen LogP contribution < -0.4 is 11.1 Å². The highest BCUT2D eigenvalue weighted by Crippen LogP contribution is 2.51. The molecule has 34 heavy (non-hydrogen) atoms. The Hall–Kier alpha value is -3.75. The van der Waals surface area contributed by atoms with Gasteiger partial charge in [0.25, 0.3) is 5.91 Å². The van der Waals surface area contributed by atoms with Gasteiger partial charge in [0.15, 0.2) is 11.4 Å². The molecular weight excluding hydrogens is 437 g/mol. The van der Waals surface area contributed by atoms with Crippen molar-refractivity contribution < 1.29 is 18.8 Å². The lowest BCUT2D eigenvalue weighted by Gasteiger charge is -2.27. The summed E-state index contributed by atoms with van der Waals surface area (Å²) in [5.41, 5.74) is 5.18. The molecule has 3 aliphatic rings. The van der Waals surface area contributed by atoms with Crippen molar-refractivity contribution in [1.29, 1.82) is 0 Å². The second-order valence-electron chi connectivity index (χ2n) is 9.50. The zero-order valence-corrected chi connectivity index (χ0v) is 18.4. The van der Waals surface area contributed by atoms with E-state index < -0.39 is 23.7 Å². The van der Waals surface area contributed by atoms with Crippen molar-refractivity contribution in [2.24, 2.45) is 11.7 Å². The molecule has 2 saturated carbocycles. The van der Waals surface area contributed by atoms with Crippen molar-refractivity contribution in [2.45, 2.75) is 49.6 Å². The molecule has 0 radical (unpaired) electrons. The molecule has 0 spiro atoms. The highest BCUT2D eigenvalue weighted by Gasteiger charge is 2.60. The fraction of sp³-hybridized carbons (Fsp3) is 0.360. The predicted octanol–water partition coefficient (Wildman–Crippen LogP) is 1.88. The second kappa shape index (κ2) is 7.38. The Bertz CT molecular complexity index is 1320. The maximum absolute atomic E-state index is 15.2. The van der Waals surface area contributed by atoms with Gasteiger partial charge in [-0.1, -0.05) is 48.5 Å². The molecule has 2 aromatic carbocycles. The molecule has 8 nitrogen and oxygen atoms in total. The third kappa shape index (κ3) is 3.26. The number of halogens is 1. The number of carbonyl (C=O) groups excluding carboxylic acids is 3. The predicted molar refractivity (Wildman–Crippen MR) is 121 cm³/mol. The number of hydrogen-bond donors (Lipinski definition) is 2. The molecular formula is C25H24FN5O3. The van der Waals surface area contributed by atoms with Gasteiger partial charge in [-0.3, -0.25) is 19.1 Å². The third-order valence-corrected chi connectivity index (χ3v) is 7.33. The van der Waals surface area contributed by atoms with Gasteiger partial charge in [-0.25, -0.2) is 4.39 Å². The summed E-state index contributed by atoms with van der Waals surface area (Å²) in [6.07, 6.45) is 1.67. The first kappa shape index (κ1) is 20.8. The van der Waals surface area contributed by atoms with Gasteiger partial charge in [-0.2, -0.15) is 5.10 Å². The van der Waals surface area contributed by atoms with Gasteiger partial charge < -0.3 is 16.0 Å². The number of rotatable bonds is 6. The fourth-order valence-electron chi connectivity index (χ4n) is 5.39. The first-order chi connectivity index (χ1) is 16.4. The maximum Gasteiger partial charge on any atom is 0.269 e. The van der Waals surface area contributed by atoms with E-state index in [0.717, 1.165) is 6.42 Å². The molecule has 2 aliphatic carbocycles. The van der Waals surface area contributed by atoms with Crippen molar-refractivity contribution >= 4 is 28.6 Å². The summed E-state index contributed by atoms with van der Waals surface area (Å²) < 4.78 is 16.7. The van der Waals surface area contributed by atoms with E-state index in [1.165, 1.54) is 4.68 Å². The van der Waals surface area contributed by atoms with Crippen LogP contribution in [0.4, 0.5) is 4.39 Å². The van der Waals surface area contributed by atoms with Crippen LogP contribution in [-0.4, -0.2) is 50.5 Å². The lowest BCUT2D eigenvalue weighted by atomic mass is 10.1. The topological polar surface area (TPSA) is 110 Å². The van der Waals surface area contributed by atoms with Gasteiger partial charge in [0, 0.05) is 17.8 Å². The molecule has 1 aromatic heterocycles. The number of piperidine rings is 1. The molecule has 6 rings (SSSR count). The molecule has 3 aromatic rings. The number of aromatic nitrogens is 2. The normalized spacial score (nSPS) is 29.0. The van der Waals surface area contributed by atoms with Gasteiger partial charge in [-0.15, -0.1) is 0 Å². The smallest absolute Gasteiger partial charge is 0.269 e. The van der Waals surface area contributed by atoms with Crippen molar-refractivity contribution in [3.63, 3.8) is 0 Å². The van der Waals surface area contributed by atoms with Crippen LogP contribution in [0.25, 0.3) is 10.9 Å². The van der Waals surface area contributed by atoms with Crippen LogP contribution in [0.5, 0.6) is 0 Å². The molecule has 174 valence electrons. The maximum atomic E-state index is 15.2. The number of amides is 3. The van der Waals surface area contributed by atoms with Crippen LogP contribution in [0.1, 0.15) is 35.3 Å². The summed E-state index contributed by atoms with van der Waals surface area (Å²) in [6, 6.07) is 14.7. The first-order valence-corrected chi connectivity index (χ1v) is 11.5. The quantitative estimate of drug-likeness (QED) is 0.584. The first-order valence-electron chi connectivity index (χ1n) is 11.5. The largest absolute Gasteiger partial charge is 0.364 e. The molecule has 5 atom stereocenters. The number of benzene rings is 2. The van der Waals surface area contributed by atoms with E-state index in [1.807, 2.05) is 6.07 Å². The molecule has 3 fully saturated rings. The van der Waals surface area contributed by atoms with E-state index in [4.69, 9.17) is 5.73 Å². The number of carbonyl (C=O) groups is 3. The zero-order chi connectivity index (χ0) is 23.6. The van der Waals surface area contributed by atoms with Crippen LogP contribution in [0.15, 0.2) is 54.6 Å². The minimum atomic E-state index is -1.56. The molecule has 1 unspecified atom stereocenters. The fourth-order valence-corrected chi connectivity index (χ4v) is 5.39. The summed E-state index contributed by atoms with van der Waals surface area (Å²) >= 11 is 0. The van der Waals surface area contributed by atoms with E-state index in [1.54, 1.807) is 53.4 Å². The summed E-state index contributed by atoms with van der Waals surface area (Å²) in [5, 5.41) is 7.68. The molecule has 3 amide bonds. The van der Waals surface area contributed by atoms with Gasteiger partial charge in [0.2, 0.25) is 11.8 Å².